The molecule has 2 saturated heterocycles. The summed E-state index contributed by atoms with van der Waals surface area (Å²) in [5, 5.41) is 0. The molecule has 0 bridgehead atoms. The summed E-state index contributed by atoms with van der Waals surface area (Å²) in [5.74, 6) is 0.547. The summed E-state index contributed by atoms with van der Waals surface area (Å²) < 4.78 is 11.8. The van der Waals surface area contributed by atoms with Crippen LogP contribution in [0.25, 0.3) is 0 Å². The van der Waals surface area contributed by atoms with Gasteiger partial charge in [-0.05, 0) is 25.1 Å². The number of rotatable bonds is 4. The smallest absolute Gasteiger partial charge is 0.0985 e. The molecule has 0 aromatic carbocycles. The quantitative estimate of drug-likeness (QED) is 0.805. The number of ether oxygens (including phenoxy) is 2. The van der Waals surface area contributed by atoms with Crippen LogP contribution in [0.4, 0.5) is 0 Å². The van der Waals surface area contributed by atoms with Gasteiger partial charge in [-0.3, -0.25) is 4.98 Å². The van der Waals surface area contributed by atoms with E-state index >= 15 is 0 Å². The third kappa shape index (κ3) is 2.28. The summed E-state index contributed by atoms with van der Waals surface area (Å²) in [5.41, 5.74) is 1.22. The summed E-state index contributed by atoms with van der Waals surface area (Å²) in [7, 11) is 2.14. The van der Waals surface area contributed by atoms with Gasteiger partial charge in [0, 0.05) is 38.0 Å². The minimum Gasteiger partial charge on any atom is -0.376 e. The first kappa shape index (κ1) is 12.1. The minimum atomic E-state index is 0.0870. The largest absolute Gasteiger partial charge is 0.376 e. The van der Waals surface area contributed by atoms with Crippen molar-refractivity contribution in [3.05, 3.63) is 30.1 Å². The van der Waals surface area contributed by atoms with Gasteiger partial charge in [0.05, 0.1) is 18.8 Å². The average molecular weight is 248 g/mol. The lowest BCUT2D eigenvalue weighted by Gasteiger charge is -2.48. The molecule has 98 valence electrons. The molecule has 4 heteroatoms. The molecule has 1 spiro atoms. The minimum absolute atomic E-state index is 0.0870. The molecule has 4 nitrogen and oxygen atoms in total. The number of likely N-dealkylation sites (tertiary alicyclic amines) is 1. The second-order valence-electron chi connectivity index (χ2n) is 5.45. The highest BCUT2D eigenvalue weighted by Gasteiger charge is 2.51. The molecule has 1 aromatic rings. The number of likely N-dealkylation sites (N-methyl/N-ethyl adjacent to an activating group) is 1. The fourth-order valence-electron chi connectivity index (χ4n) is 3.04. The third-order valence-corrected chi connectivity index (χ3v) is 3.99. The van der Waals surface area contributed by atoms with Gasteiger partial charge < -0.3 is 14.4 Å². The lowest BCUT2D eigenvalue weighted by atomic mass is 9.82. The normalized spacial score (nSPS) is 26.4. The SMILES string of the molecule is CN1CC2(C1)OCC[C@@H]2COCc1cccnc1. The van der Waals surface area contributed by atoms with Gasteiger partial charge in [-0.1, -0.05) is 6.07 Å². The van der Waals surface area contributed by atoms with Gasteiger partial charge in [0.15, 0.2) is 0 Å². The van der Waals surface area contributed by atoms with Crippen LogP contribution in [0.2, 0.25) is 0 Å². The van der Waals surface area contributed by atoms with Crippen LogP contribution in [-0.2, 0) is 16.1 Å². The molecular formula is C14H20N2O2. The molecule has 0 N–H and O–H groups in total. The maximum Gasteiger partial charge on any atom is 0.0985 e. The lowest BCUT2D eigenvalue weighted by molar-refractivity contribution is -0.135. The Morgan fingerprint density at radius 3 is 3.17 bits per heavy atom. The van der Waals surface area contributed by atoms with E-state index in [1.54, 1.807) is 6.20 Å². The van der Waals surface area contributed by atoms with E-state index in [1.165, 1.54) is 0 Å². The standard InChI is InChI=1S/C14H20N2O2/c1-16-10-14(11-16)13(4-6-18-14)9-17-8-12-3-2-5-15-7-12/h2-3,5,7,13H,4,6,8-11H2,1H3/t13-/m1/s1. The molecule has 3 rings (SSSR count). The van der Waals surface area contributed by atoms with Gasteiger partial charge in [0.1, 0.15) is 0 Å². The molecule has 0 unspecified atom stereocenters. The van der Waals surface area contributed by atoms with Crippen LogP contribution in [0.3, 0.4) is 0 Å². The number of pyridine rings is 1. The monoisotopic (exact) mass is 248 g/mol. The van der Waals surface area contributed by atoms with Crippen molar-refractivity contribution in [3.8, 4) is 0 Å². The van der Waals surface area contributed by atoms with Crippen molar-refractivity contribution in [1.82, 2.24) is 9.88 Å². The fraction of sp³-hybridized carbons (Fsp3) is 0.643. The van der Waals surface area contributed by atoms with Crippen LogP contribution in [0.15, 0.2) is 24.5 Å². The van der Waals surface area contributed by atoms with E-state index in [2.05, 4.69) is 16.9 Å². The van der Waals surface area contributed by atoms with Crippen LogP contribution in [0, 0.1) is 5.92 Å². The number of nitrogens with zero attached hydrogens (tertiary/aromatic N) is 2. The second-order valence-corrected chi connectivity index (χ2v) is 5.45. The molecule has 2 fully saturated rings. The van der Waals surface area contributed by atoms with Gasteiger partial charge in [0.2, 0.25) is 0 Å². The maximum absolute atomic E-state index is 5.93. The van der Waals surface area contributed by atoms with Crippen molar-refractivity contribution in [2.24, 2.45) is 5.92 Å². The van der Waals surface area contributed by atoms with Crippen LogP contribution >= 0.6 is 0 Å². The summed E-state index contributed by atoms with van der Waals surface area (Å²) >= 11 is 0. The van der Waals surface area contributed by atoms with Crippen LogP contribution in [0.5, 0.6) is 0 Å². The first-order valence-corrected chi connectivity index (χ1v) is 6.58. The van der Waals surface area contributed by atoms with Crippen molar-refractivity contribution in [2.75, 3.05) is 33.4 Å². The molecule has 1 aromatic heterocycles. The Labute approximate surface area is 108 Å². The van der Waals surface area contributed by atoms with E-state index in [4.69, 9.17) is 9.47 Å². The molecule has 0 amide bonds. The Morgan fingerprint density at radius 1 is 1.56 bits per heavy atom. The summed E-state index contributed by atoms with van der Waals surface area (Å²) in [6.45, 7) is 4.43. The molecule has 1 atom stereocenters. The van der Waals surface area contributed by atoms with Gasteiger partial charge >= 0.3 is 0 Å². The number of aromatic nitrogens is 1. The highest BCUT2D eigenvalue weighted by atomic mass is 16.5. The molecule has 0 aliphatic carbocycles. The number of hydrogen-bond acceptors (Lipinski definition) is 4. The molecule has 0 radical (unpaired) electrons. The molecular weight excluding hydrogens is 228 g/mol. The van der Waals surface area contributed by atoms with E-state index in [1.807, 2.05) is 18.3 Å². The van der Waals surface area contributed by atoms with E-state index < -0.39 is 0 Å². The average Bonchev–Trinajstić information content (AvgIpc) is 2.74. The zero-order valence-electron chi connectivity index (χ0n) is 10.8. The first-order valence-electron chi connectivity index (χ1n) is 6.58. The Kier molecular flexibility index (Phi) is 3.33. The second kappa shape index (κ2) is 4.96. The van der Waals surface area contributed by atoms with Crippen LogP contribution in [-0.4, -0.2) is 48.8 Å². The topological polar surface area (TPSA) is 34.6 Å². The van der Waals surface area contributed by atoms with Crippen molar-refractivity contribution in [2.45, 2.75) is 18.6 Å². The van der Waals surface area contributed by atoms with E-state index in [0.717, 1.165) is 38.3 Å². The molecule has 18 heavy (non-hydrogen) atoms. The Bertz CT molecular complexity index is 390. The summed E-state index contributed by atoms with van der Waals surface area (Å²) in [6.07, 6.45) is 4.77. The highest BCUT2D eigenvalue weighted by Crippen LogP contribution is 2.39. The first-order chi connectivity index (χ1) is 8.78. The van der Waals surface area contributed by atoms with Gasteiger partial charge in [-0.25, -0.2) is 0 Å². The van der Waals surface area contributed by atoms with E-state index in [0.29, 0.717) is 12.5 Å². The van der Waals surface area contributed by atoms with Crippen LogP contribution < -0.4 is 0 Å². The highest BCUT2D eigenvalue weighted by molar-refractivity contribution is 5.07. The Hall–Kier alpha value is -0.970. The van der Waals surface area contributed by atoms with Crippen molar-refractivity contribution in [3.63, 3.8) is 0 Å². The molecule has 3 heterocycles. The van der Waals surface area contributed by atoms with Crippen LogP contribution in [0.1, 0.15) is 12.0 Å². The number of hydrogen-bond donors (Lipinski definition) is 0. The van der Waals surface area contributed by atoms with Gasteiger partial charge in [-0.15, -0.1) is 0 Å². The zero-order chi connectivity index (χ0) is 12.4. The summed E-state index contributed by atoms with van der Waals surface area (Å²) in [4.78, 5) is 6.39. The van der Waals surface area contributed by atoms with E-state index in [9.17, 15) is 0 Å². The predicted octanol–water partition coefficient (Wildman–Crippen LogP) is 1.32. The zero-order valence-corrected chi connectivity index (χ0v) is 10.8. The molecule has 2 aliphatic rings. The molecule has 0 saturated carbocycles. The summed E-state index contributed by atoms with van der Waals surface area (Å²) in [6, 6.07) is 3.99. The predicted molar refractivity (Wildman–Crippen MR) is 68.2 cm³/mol. The van der Waals surface area contributed by atoms with Crippen molar-refractivity contribution in [1.29, 1.82) is 0 Å². The van der Waals surface area contributed by atoms with Crippen molar-refractivity contribution < 1.29 is 9.47 Å². The maximum atomic E-state index is 5.93. The van der Waals surface area contributed by atoms with Crippen molar-refractivity contribution >= 4 is 0 Å². The van der Waals surface area contributed by atoms with Gasteiger partial charge in [-0.2, -0.15) is 0 Å². The molecule has 2 aliphatic heterocycles. The Morgan fingerprint density at radius 2 is 2.44 bits per heavy atom. The van der Waals surface area contributed by atoms with Gasteiger partial charge in [0.25, 0.3) is 0 Å². The van der Waals surface area contributed by atoms with E-state index in [-0.39, 0.29) is 5.60 Å². The lowest BCUT2D eigenvalue weighted by Crippen LogP contribution is -2.63. The fourth-order valence-corrected chi connectivity index (χ4v) is 3.04. The third-order valence-electron chi connectivity index (χ3n) is 3.99. The Balaban J connectivity index is 1.49.